The van der Waals surface area contributed by atoms with Crippen molar-refractivity contribution in [3.05, 3.63) is 64.7 Å². The summed E-state index contributed by atoms with van der Waals surface area (Å²) in [5.74, 6) is 0.0346. The van der Waals surface area contributed by atoms with E-state index in [4.69, 9.17) is 4.74 Å². The van der Waals surface area contributed by atoms with Crippen molar-refractivity contribution in [2.24, 2.45) is 0 Å². The van der Waals surface area contributed by atoms with Crippen LogP contribution >= 0.6 is 11.8 Å². The number of thioether (sulfide) groups is 1. The number of nitriles is 1. The van der Waals surface area contributed by atoms with Gasteiger partial charge in [0, 0.05) is 17.4 Å². The van der Waals surface area contributed by atoms with Gasteiger partial charge in [-0.1, -0.05) is 35.5 Å². The van der Waals surface area contributed by atoms with Crippen LogP contribution in [-0.2, 0) is 9.59 Å². The van der Waals surface area contributed by atoms with Crippen LogP contribution in [0.4, 0.5) is 11.4 Å². The number of aryl methyl sites for hydroxylation is 1. The van der Waals surface area contributed by atoms with Gasteiger partial charge in [-0.25, -0.2) is 0 Å². The highest BCUT2D eigenvalue weighted by molar-refractivity contribution is 8.04. The summed E-state index contributed by atoms with van der Waals surface area (Å²) in [6.45, 7) is 1.95. The molecule has 0 saturated carbocycles. The first-order valence-electron chi connectivity index (χ1n) is 8.15. The van der Waals surface area contributed by atoms with E-state index in [1.54, 1.807) is 36.4 Å². The van der Waals surface area contributed by atoms with Gasteiger partial charge in [0.25, 0.3) is 5.91 Å². The van der Waals surface area contributed by atoms with Crippen molar-refractivity contribution in [3.63, 3.8) is 0 Å². The van der Waals surface area contributed by atoms with Crippen LogP contribution in [0.1, 0.15) is 5.56 Å². The van der Waals surface area contributed by atoms with Crippen LogP contribution in [0.5, 0.6) is 5.75 Å². The molecular formula is C20H17N3O3S. The lowest BCUT2D eigenvalue weighted by molar-refractivity contribution is -0.115. The molecule has 6 nitrogen and oxygen atoms in total. The molecule has 0 unspecified atom stereocenters. The molecule has 0 spiro atoms. The maximum Gasteiger partial charge on any atom is 0.269 e. The third-order valence-electron chi connectivity index (χ3n) is 3.96. The highest BCUT2D eigenvalue weighted by Crippen LogP contribution is 2.36. The topological polar surface area (TPSA) is 82.4 Å². The quantitative estimate of drug-likeness (QED) is 0.650. The number of nitrogens with zero attached hydrogens (tertiary/aromatic N) is 2. The summed E-state index contributed by atoms with van der Waals surface area (Å²) < 4.78 is 5.14. The summed E-state index contributed by atoms with van der Waals surface area (Å²) in [6, 6.07) is 16.2. The molecule has 7 heteroatoms. The average Bonchev–Trinajstić information content (AvgIpc) is 3.04. The first-order chi connectivity index (χ1) is 13.0. The predicted molar refractivity (Wildman–Crippen MR) is 105 cm³/mol. The molecule has 1 heterocycles. The van der Waals surface area contributed by atoms with E-state index in [0.29, 0.717) is 22.2 Å². The number of ether oxygens (including phenoxy) is 1. The molecule has 0 bridgehead atoms. The monoisotopic (exact) mass is 379 g/mol. The van der Waals surface area contributed by atoms with E-state index in [9.17, 15) is 14.9 Å². The second-order valence-electron chi connectivity index (χ2n) is 5.83. The van der Waals surface area contributed by atoms with Gasteiger partial charge in [-0.3, -0.25) is 14.5 Å². The molecule has 0 atom stereocenters. The normalized spacial score (nSPS) is 15.3. The maximum absolute atomic E-state index is 12.7. The third-order valence-corrected chi connectivity index (χ3v) is 5.01. The van der Waals surface area contributed by atoms with Gasteiger partial charge in [-0.05, 0) is 31.2 Å². The molecule has 27 heavy (non-hydrogen) atoms. The fourth-order valence-electron chi connectivity index (χ4n) is 2.60. The van der Waals surface area contributed by atoms with Crippen LogP contribution in [-0.4, -0.2) is 24.7 Å². The lowest BCUT2D eigenvalue weighted by Crippen LogP contribution is -2.26. The van der Waals surface area contributed by atoms with Gasteiger partial charge in [0.2, 0.25) is 5.91 Å². The van der Waals surface area contributed by atoms with E-state index in [2.05, 4.69) is 5.32 Å². The Morgan fingerprint density at radius 1 is 1.26 bits per heavy atom. The lowest BCUT2D eigenvalue weighted by Gasteiger charge is -2.18. The Bertz CT molecular complexity index is 961. The number of nitrogens with one attached hydrogen (secondary N) is 1. The summed E-state index contributed by atoms with van der Waals surface area (Å²) in [4.78, 5) is 26.5. The second-order valence-corrected chi connectivity index (χ2v) is 6.80. The molecule has 1 aliphatic rings. The predicted octanol–water partition coefficient (Wildman–Crippen LogP) is 3.46. The molecule has 1 N–H and O–H groups in total. The molecule has 3 rings (SSSR count). The van der Waals surface area contributed by atoms with E-state index in [-0.39, 0.29) is 17.2 Å². The van der Waals surface area contributed by atoms with Crippen molar-refractivity contribution in [3.8, 4) is 11.8 Å². The van der Waals surface area contributed by atoms with E-state index in [1.165, 1.54) is 23.8 Å². The van der Waals surface area contributed by atoms with Gasteiger partial charge in [0.15, 0.2) is 0 Å². The van der Waals surface area contributed by atoms with Gasteiger partial charge in [-0.15, -0.1) is 0 Å². The number of amides is 2. The minimum Gasteiger partial charge on any atom is -0.497 e. The van der Waals surface area contributed by atoms with Crippen LogP contribution < -0.4 is 15.0 Å². The fourth-order valence-corrected chi connectivity index (χ4v) is 3.61. The molecule has 2 aromatic rings. The number of methoxy groups -OCH3 is 1. The number of carbonyl (C=O) groups is 2. The lowest BCUT2D eigenvalue weighted by atomic mass is 10.2. The Balaban J connectivity index is 1.94. The number of rotatable bonds is 4. The number of benzene rings is 2. The Hall–Kier alpha value is -3.24. The molecular weight excluding hydrogens is 362 g/mol. The van der Waals surface area contributed by atoms with Crippen molar-refractivity contribution >= 4 is 35.0 Å². The number of hydrogen-bond acceptors (Lipinski definition) is 5. The minimum atomic E-state index is -0.569. The molecule has 136 valence electrons. The number of anilines is 2. The number of carbonyl (C=O) groups excluding carboxylic acids is 2. The van der Waals surface area contributed by atoms with Crippen LogP contribution in [0, 0.1) is 18.3 Å². The summed E-state index contributed by atoms with van der Waals surface area (Å²) >= 11 is 1.18. The van der Waals surface area contributed by atoms with E-state index >= 15 is 0 Å². The molecule has 0 aromatic heterocycles. The van der Waals surface area contributed by atoms with Gasteiger partial charge >= 0.3 is 0 Å². The number of hydrogen-bond donors (Lipinski definition) is 1. The van der Waals surface area contributed by atoms with Gasteiger partial charge in [0.05, 0.1) is 12.9 Å². The molecule has 2 aromatic carbocycles. The second kappa shape index (κ2) is 7.98. The molecule has 1 aliphatic heterocycles. The Morgan fingerprint density at radius 3 is 2.67 bits per heavy atom. The molecule has 0 aliphatic carbocycles. The fraction of sp³-hybridized carbons (Fsp3) is 0.150. The Kier molecular flexibility index (Phi) is 5.48. The zero-order valence-electron chi connectivity index (χ0n) is 14.9. The van der Waals surface area contributed by atoms with Crippen LogP contribution in [0.3, 0.4) is 0 Å². The van der Waals surface area contributed by atoms with Crippen LogP contribution in [0.25, 0.3) is 0 Å². The van der Waals surface area contributed by atoms with Crippen LogP contribution in [0.2, 0.25) is 0 Å². The largest absolute Gasteiger partial charge is 0.497 e. The molecule has 1 fully saturated rings. The summed E-state index contributed by atoms with van der Waals surface area (Å²) in [6.07, 6.45) is 0. The summed E-state index contributed by atoms with van der Waals surface area (Å²) in [5, 5.41) is 12.6. The molecule has 0 radical (unpaired) electrons. The molecule has 2 amide bonds. The minimum absolute atomic E-state index is 0.103. The summed E-state index contributed by atoms with van der Waals surface area (Å²) in [5.41, 5.74) is 2.09. The standard InChI is InChI=1S/C20H17N3O3S/c1-13-6-8-15(9-7-13)23-18(24)12-27-20(23)17(11-21)19(25)22-14-4-3-5-16(10-14)26-2/h3-10H,12H2,1-2H3,(H,22,25). The van der Waals surface area contributed by atoms with Gasteiger partial charge in [0.1, 0.15) is 22.4 Å². The van der Waals surface area contributed by atoms with Gasteiger partial charge < -0.3 is 10.1 Å². The molecule has 1 saturated heterocycles. The van der Waals surface area contributed by atoms with Crippen molar-refractivity contribution in [1.29, 1.82) is 5.26 Å². The van der Waals surface area contributed by atoms with E-state index < -0.39 is 5.91 Å². The van der Waals surface area contributed by atoms with E-state index in [0.717, 1.165) is 5.56 Å². The smallest absolute Gasteiger partial charge is 0.269 e. The first kappa shape index (κ1) is 18.5. The SMILES string of the molecule is COc1cccc(NC(=O)C(C#N)=C2SCC(=O)N2c2ccc(C)cc2)c1. The third kappa shape index (κ3) is 3.96. The van der Waals surface area contributed by atoms with Crippen molar-refractivity contribution in [2.75, 3.05) is 23.1 Å². The van der Waals surface area contributed by atoms with Gasteiger partial charge in [-0.2, -0.15) is 5.26 Å². The zero-order chi connectivity index (χ0) is 19.4. The Morgan fingerprint density at radius 2 is 2.00 bits per heavy atom. The van der Waals surface area contributed by atoms with Crippen molar-refractivity contribution < 1.29 is 14.3 Å². The first-order valence-corrected chi connectivity index (χ1v) is 9.14. The highest BCUT2D eigenvalue weighted by atomic mass is 32.2. The van der Waals surface area contributed by atoms with Crippen LogP contribution in [0.15, 0.2) is 59.1 Å². The maximum atomic E-state index is 12.7. The Labute approximate surface area is 161 Å². The van der Waals surface area contributed by atoms with Crippen molar-refractivity contribution in [1.82, 2.24) is 0 Å². The average molecular weight is 379 g/mol. The van der Waals surface area contributed by atoms with E-state index in [1.807, 2.05) is 25.1 Å². The zero-order valence-corrected chi connectivity index (χ0v) is 15.7. The highest BCUT2D eigenvalue weighted by Gasteiger charge is 2.33. The van der Waals surface area contributed by atoms with Crippen molar-refractivity contribution in [2.45, 2.75) is 6.92 Å². The summed E-state index contributed by atoms with van der Waals surface area (Å²) in [7, 11) is 1.53.